The van der Waals surface area contributed by atoms with Crippen molar-refractivity contribution in [2.75, 3.05) is 7.05 Å². The fourth-order valence-corrected chi connectivity index (χ4v) is 2.06. The molecule has 0 aromatic carbocycles. The molecule has 6 nitrogen and oxygen atoms in total. The van der Waals surface area contributed by atoms with Crippen LogP contribution in [0.4, 0.5) is 0 Å². The van der Waals surface area contributed by atoms with Crippen LogP contribution in [0.1, 0.15) is 41.6 Å². The molecular weight excluding hydrogens is 236 g/mol. The van der Waals surface area contributed by atoms with Crippen molar-refractivity contribution in [1.29, 1.82) is 0 Å². The lowest BCUT2D eigenvalue weighted by Gasteiger charge is -2.21. The van der Waals surface area contributed by atoms with Crippen LogP contribution in [0.25, 0.3) is 0 Å². The number of nitrogens with zero attached hydrogens (tertiary/aromatic N) is 2. The highest BCUT2D eigenvalue weighted by Gasteiger charge is 2.29. The van der Waals surface area contributed by atoms with E-state index in [4.69, 9.17) is 9.63 Å². The van der Waals surface area contributed by atoms with Crippen molar-refractivity contribution in [2.45, 2.75) is 38.6 Å². The fraction of sp³-hybridized carbons (Fsp3) is 0.583. The van der Waals surface area contributed by atoms with Crippen LogP contribution < -0.4 is 0 Å². The van der Waals surface area contributed by atoms with E-state index >= 15 is 0 Å². The Morgan fingerprint density at radius 1 is 1.39 bits per heavy atom. The highest BCUT2D eigenvalue weighted by Crippen LogP contribution is 2.25. The van der Waals surface area contributed by atoms with Crippen molar-refractivity contribution >= 4 is 11.9 Å². The predicted octanol–water partition coefficient (Wildman–Crippen LogP) is 1.10. The minimum atomic E-state index is -1.04. The van der Waals surface area contributed by atoms with Gasteiger partial charge in [0.2, 0.25) is 0 Å². The summed E-state index contributed by atoms with van der Waals surface area (Å²) in [4.78, 5) is 24.2. The summed E-state index contributed by atoms with van der Waals surface area (Å²) < 4.78 is 5.15. The van der Waals surface area contributed by atoms with E-state index < -0.39 is 17.9 Å². The second kappa shape index (κ2) is 4.80. The molecule has 1 N–H and O–H groups in total. The van der Waals surface area contributed by atoms with Gasteiger partial charge in [-0.05, 0) is 26.2 Å². The minimum absolute atomic E-state index is 0.264. The molecule has 1 aliphatic rings. The molecule has 18 heavy (non-hydrogen) atoms. The van der Waals surface area contributed by atoms with Crippen LogP contribution in [0.15, 0.2) is 4.52 Å². The second-order valence-corrected chi connectivity index (χ2v) is 4.57. The van der Waals surface area contributed by atoms with Gasteiger partial charge in [0.05, 0.1) is 0 Å². The molecule has 0 saturated carbocycles. The van der Waals surface area contributed by atoms with Gasteiger partial charge in [-0.2, -0.15) is 0 Å². The van der Waals surface area contributed by atoms with Crippen LogP contribution >= 0.6 is 0 Å². The van der Waals surface area contributed by atoms with Gasteiger partial charge in [-0.15, -0.1) is 0 Å². The van der Waals surface area contributed by atoms with Gasteiger partial charge in [0.1, 0.15) is 11.8 Å². The van der Waals surface area contributed by atoms with E-state index in [1.165, 1.54) is 18.9 Å². The van der Waals surface area contributed by atoms with E-state index in [0.717, 1.165) is 37.0 Å². The third-order valence-corrected chi connectivity index (χ3v) is 3.41. The van der Waals surface area contributed by atoms with Gasteiger partial charge < -0.3 is 14.5 Å². The van der Waals surface area contributed by atoms with Gasteiger partial charge in [0.15, 0.2) is 5.69 Å². The van der Waals surface area contributed by atoms with Gasteiger partial charge in [-0.25, -0.2) is 4.79 Å². The number of carbonyl (C=O) groups excluding carboxylic acids is 1. The summed E-state index contributed by atoms with van der Waals surface area (Å²) in [5.41, 5.74) is 1.11. The first-order valence-electron chi connectivity index (χ1n) is 5.99. The van der Waals surface area contributed by atoms with Gasteiger partial charge in [0, 0.05) is 19.0 Å². The Hall–Kier alpha value is -1.85. The van der Waals surface area contributed by atoms with Gasteiger partial charge >= 0.3 is 5.97 Å². The summed E-state index contributed by atoms with van der Waals surface area (Å²) in [5, 5.41) is 12.7. The zero-order valence-electron chi connectivity index (χ0n) is 10.5. The average molecular weight is 252 g/mol. The van der Waals surface area contributed by atoms with Gasteiger partial charge in [-0.3, -0.25) is 4.79 Å². The Kier molecular flexibility index (Phi) is 3.36. The number of carboxylic acid groups (broad SMARTS) is 1. The normalized spacial score (nSPS) is 15.9. The molecular formula is C12H16N2O4. The molecule has 0 radical (unpaired) electrons. The van der Waals surface area contributed by atoms with Gasteiger partial charge in [-0.1, -0.05) is 5.16 Å². The molecule has 0 aliphatic heterocycles. The van der Waals surface area contributed by atoms with E-state index in [1.54, 1.807) is 0 Å². The zero-order chi connectivity index (χ0) is 13.3. The molecule has 2 rings (SSSR count). The Morgan fingerprint density at radius 2 is 2.06 bits per heavy atom. The van der Waals surface area contributed by atoms with Gasteiger partial charge in [0.25, 0.3) is 5.91 Å². The Balaban J connectivity index is 2.24. The third-order valence-electron chi connectivity index (χ3n) is 3.41. The lowest BCUT2D eigenvalue weighted by atomic mass is 9.96. The topological polar surface area (TPSA) is 83.6 Å². The molecule has 1 aromatic rings. The molecule has 1 heterocycles. The summed E-state index contributed by atoms with van der Waals surface area (Å²) >= 11 is 0. The lowest BCUT2D eigenvalue weighted by Crippen LogP contribution is -2.40. The quantitative estimate of drug-likeness (QED) is 0.870. The first kappa shape index (κ1) is 12.6. The van der Waals surface area contributed by atoms with E-state index in [1.807, 2.05) is 0 Å². The summed E-state index contributed by atoms with van der Waals surface area (Å²) in [5.74, 6) is -0.666. The van der Waals surface area contributed by atoms with Crippen molar-refractivity contribution in [2.24, 2.45) is 0 Å². The van der Waals surface area contributed by atoms with Crippen LogP contribution in [0, 0.1) is 0 Å². The molecule has 0 fully saturated rings. The molecule has 6 heteroatoms. The van der Waals surface area contributed by atoms with E-state index in [2.05, 4.69) is 5.16 Å². The number of amides is 1. The number of carbonyl (C=O) groups is 2. The van der Waals surface area contributed by atoms with Crippen molar-refractivity contribution in [3.05, 3.63) is 17.0 Å². The maximum atomic E-state index is 12.2. The molecule has 1 aromatic heterocycles. The van der Waals surface area contributed by atoms with E-state index in [9.17, 15) is 9.59 Å². The standard InChI is InChI=1S/C12H16N2O4/c1-7(12(16)17)14(2)11(15)10-8-5-3-4-6-9(8)18-13-10/h7H,3-6H2,1-2H3,(H,16,17). The highest BCUT2D eigenvalue weighted by atomic mass is 16.5. The zero-order valence-corrected chi connectivity index (χ0v) is 10.5. The van der Waals surface area contributed by atoms with Crippen LogP contribution in [-0.4, -0.2) is 40.1 Å². The number of likely N-dealkylation sites (N-methyl/N-ethyl adjacent to an activating group) is 1. The molecule has 1 unspecified atom stereocenters. The summed E-state index contributed by atoms with van der Waals surface area (Å²) in [7, 11) is 1.46. The van der Waals surface area contributed by atoms with Crippen molar-refractivity contribution < 1.29 is 19.2 Å². The van der Waals surface area contributed by atoms with Crippen molar-refractivity contribution in [1.82, 2.24) is 10.1 Å². The van der Waals surface area contributed by atoms with Crippen LogP contribution in [0.3, 0.4) is 0 Å². The van der Waals surface area contributed by atoms with Crippen LogP contribution in [0.2, 0.25) is 0 Å². The largest absolute Gasteiger partial charge is 0.480 e. The molecule has 1 atom stereocenters. The van der Waals surface area contributed by atoms with Crippen LogP contribution in [-0.2, 0) is 17.6 Å². The number of hydrogen-bond acceptors (Lipinski definition) is 4. The number of aliphatic carboxylic acids is 1. The first-order valence-corrected chi connectivity index (χ1v) is 5.99. The summed E-state index contributed by atoms with van der Waals surface area (Å²) in [6.45, 7) is 1.47. The monoisotopic (exact) mass is 252 g/mol. The first-order chi connectivity index (χ1) is 8.52. The number of aromatic nitrogens is 1. The number of carboxylic acids is 1. The highest BCUT2D eigenvalue weighted by molar-refractivity contribution is 5.96. The van der Waals surface area contributed by atoms with E-state index in [-0.39, 0.29) is 5.69 Å². The third kappa shape index (κ3) is 2.10. The number of hydrogen-bond donors (Lipinski definition) is 1. The minimum Gasteiger partial charge on any atom is -0.480 e. The lowest BCUT2D eigenvalue weighted by molar-refractivity contribution is -0.141. The fourth-order valence-electron chi connectivity index (χ4n) is 2.06. The number of fused-ring (bicyclic) bond motifs is 1. The Bertz CT molecular complexity index is 480. The SMILES string of the molecule is CC(C(=O)O)N(C)C(=O)c1noc2c1CCCC2. The van der Waals surface area contributed by atoms with Crippen molar-refractivity contribution in [3.8, 4) is 0 Å². The molecule has 1 aliphatic carbocycles. The predicted molar refractivity (Wildman–Crippen MR) is 62.3 cm³/mol. The van der Waals surface area contributed by atoms with Crippen molar-refractivity contribution in [3.63, 3.8) is 0 Å². The number of aryl methyl sites for hydroxylation is 1. The van der Waals surface area contributed by atoms with Crippen LogP contribution in [0.5, 0.6) is 0 Å². The number of rotatable bonds is 3. The Labute approximate surface area is 105 Å². The van der Waals surface area contributed by atoms with E-state index in [0.29, 0.717) is 0 Å². The summed E-state index contributed by atoms with van der Waals surface area (Å²) in [6, 6.07) is -0.881. The summed E-state index contributed by atoms with van der Waals surface area (Å²) in [6.07, 6.45) is 3.62. The average Bonchev–Trinajstić information content (AvgIpc) is 2.79. The maximum absolute atomic E-state index is 12.2. The second-order valence-electron chi connectivity index (χ2n) is 4.57. The Morgan fingerprint density at radius 3 is 2.72 bits per heavy atom. The molecule has 0 saturated heterocycles. The smallest absolute Gasteiger partial charge is 0.326 e. The maximum Gasteiger partial charge on any atom is 0.326 e. The molecule has 0 bridgehead atoms. The molecule has 1 amide bonds. The molecule has 0 spiro atoms. The molecule has 98 valence electrons.